The highest BCUT2D eigenvalue weighted by Crippen LogP contribution is 2.27. The fraction of sp³-hybridized carbons (Fsp3) is 0.933. The average molecular weight is 272 g/mol. The minimum atomic E-state index is 0.269. The Kier molecular flexibility index (Phi) is 5.81. The highest BCUT2D eigenvalue weighted by Gasteiger charge is 2.28. The van der Waals surface area contributed by atoms with Gasteiger partial charge >= 0.3 is 0 Å². The third kappa shape index (κ3) is 3.88. The number of amides is 1. The summed E-state index contributed by atoms with van der Waals surface area (Å²) < 4.78 is 0. The molecule has 1 amide bonds. The second-order valence-electron chi connectivity index (χ2n) is 6.00. The third-order valence-corrected chi connectivity index (χ3v) is 5.06. The molecule has 0 aromatic rings. The highest BCUT2D eigenvalue weighted by molar-refractivity contribution is 6.18. The molecule has 2 saturated carbocycles. The fourth-order valence-electron chi connectivity index (χ4n) is 3.42. The molecule has 0 saturated heterocycles. The number of alkyl halides is 1. The maximum absolute atomic E-state index is 12.3. The van der Waals surface area contributed by atoms with Crippen LogP contribution < -0.4 is 5.32 Å². The van der Waals surface area contributed by atoms with E-state index in [-0.39, 0.29) is 5.92 Å². The van der Waals surface area contributed by atoms with Crippen LogP contribution in [0.3, 0.4) is 0 Å². The summed E-state index contributed by atoms with van der Waals surface area (Å²) in [6.07, 6.45) is 12.0. The van der Waals surface area contributed by atoms with Crippen molar-refractivity contribution in [2.75, 3.05) is 5.88 Å². The topological polar surface area (TPSA) is 29.1 Å². The van der Waals surface area contributed by atoms with Crippen LogP contribution in [0.4, 0.5) is 0 Å². The van der Waals surface area contributed by atoms with Gasteiger partial charge < -0.3 is 5.32 Å². The van der Waals surface area contributed by atoms with Gasteiger partial charge in [0.1, 0.15) is 0 Å². The molecule has 2 rings (SSSR count). The van der Waals surface area contributed by atoms with E-state index in [1.807, 2.05) is 0 Å². The van der Waals surface area contributed by atoms with Crippen molar-refractivity contribution in [3.8, 4) is 0 Å². The molecular formula is C15H26ClNO. The maximum Gasteiger partial charge on any atom is 0.223 e. The standard InChI is InChI=1S/C15H26ClNO/c16-11-13-9-5-6-10-14(13)17-15(18)12-7-3-1-2-4-8-12/h12-14H,1-11H2,(H,17,18). The van der Waals surface area contributed by atoms with Crippen molar-refractivity contribution in [3.05, 3.63) is 0 Å². The molecule has 2 aliphatic rings. The van der Waals surface area contributed by atoms with Crippen LogP contribution in [0.15, 0.2) is 0 Å². The van der Waals surface area contributed by atoms with Crippen molar-refractivity contribution in [1.29, 1.82) is 0 Å². The lowest BCUT2D eigenvalue weighted by molar-refractivity contribution is -0.126. The zero-order valence-corrected chi connectivity index (χ0v) is 12.1. The molecule has 18 heavy (non-hydrogen) atoms. The number of hydrogen-bond donors (Lipinski definition) is 1. The Morgan fingerprint density at radius 2 is 1.56 bits per heavy atom. The van der Waals surface area contributed by atoms with E-state index < -0.39 is 0 Å². The van der Waals surface area contributed by atoms with Crippen LogP contribution in [0.2, 0.25) is 0 Å². The molecule has 2 unspecified atom stereocenters. The zero-order chi connectivity index (χ0) is 12.8. The summed E-state index contributed by atoms with van der Waals surface area (Å²) in [5, 5.41) is 3.29. The molecule has 1 N–H and O–H groups in total. The van der Waals surface area contributed by atoms with Crippen molar-refractivity contribution in [2.45, 2.75) is 70.3 Å². The summed E-state index contributed by atoms with van der Waals surface area (Å²) in [6, 6.07) is 0.340. The summed E-state index contributed by atoms with van der Waals surface area (Å²) >= 11 is 6.02. The molecule has 0 radical (unpaired) electrons. The molecule has 2 aliphatic carbocycles. The molecule has 3 heteroatoms. The van der Waals surface area contributed by atoms with E-state index in [4.69, 9.17) is 11.6 Å². The summed E-state index contributed by atoms with van der Waals surface area (Å²) in [5.41, 5.74) is 0. The Morgan fingerprint density at radius 1 is 0.944 bits per heavy atom. The molecule has 2 fully saturated rings. The lowest BCUT2D eigenvalue weighted by atomic mass is 9.85. The number of hydrogen-bond acceptors (Lipinski definition) is 1. The van der Waals surface area contributed by atoms with Gasteiger partial charge in [-0.3, -0.25) is 4.79 Å². The van der Waals surface area contributed by atoms with Gasteiger partial charge in [-0.15, -0.1) is 11.6 Å². The van der Waals surface area contributed by atoms with E-state index in [9.17, 15) is 4.79 Å². The fourth-order valence-corrected chi connectivity index (χ4v) is 3.79. The molecule has 0 aromatic carbocycles. The zero-order valence-electron chi connectivity index (χ0n) is 11.3. The molecular weight excluding hydrogens is 246 g/mol. The first kappa shape index (κ1) is 14.2. The predicted molar refractivity (Wildman–Crippen MR) is 75.8 cm³/mol. The van der Waals surface area contributed by atoms with Crippen LogP contribution in [0.1, 0.15) is 64.2 Å². The summed E-state index contributed by atoms with van der Waals surface area (Å²) in [4.78, 5) is 12.3. The van der Waals surface area contributed by atoms with Gasteiger partial charge in [0.05, 0.1) is 0 Å². The molecule has 0 aromatic heterocycles. The van der Waals surface area contributed by atoms with Gasteiger partial charge in [0.25, 0.3) is 0 Å². The van der Waals surface area contributed by atoms with E-state index in [1.165, 1.54) is 44.9 Å². The summed E-state index contributed by atoms with van der Waals surface area (Å²) in [7, 11) is 0. The van der Waals surface area contributed by atoms with Gasteiger partial charge in [0.2, 0.25) is 5.91 Å². The SMILES string of the molecule is O=C(NC1CCCCC1CCl)C1CCCCCC1. The van der Waals surface area contributed by atoms with Gasteiger partial charge in [-0.2, -0.15) is 0 Å². The van der Waals surface area contributed by atoms with E-state index in [1.54, 1.807) is 0 Å². The Morgan fingerprint density at radius 3 is 2.22 bits per heavy atom. The van der Waals surface area contributed by atoms with E-state index in [2.05, 4.69) is 5.32 Å². The first-order valence-corrected chi connectivity index (χ1v) is 8.21. The molecule has 2 atom stereocenters. The number of halogens is 1. The lowest BCUT2D eigenvalue weighted by Crippen LogP contribution is -2.45. The quantitative estimate of drug-likeness (QED) is 0.613. The van der Waals surface area contributed by atoms with Gasteiger partial charge in [-0.25, -0.2) is 0 Å². The van der Waals surface area contributed by atoms with Crippen LogP contribution in [-0.2, 0) is 4.79 Å². The minimum absolute atomic E-state index is 0.269. The van der Waals surface area contributed by atoms with Crippen LogP contribution in [0, 0.1) is 11.8 Å². The van der Waals surface area contributed by atoms with Gasteiger partial charge in [0, 0.05) is 17.8 Å². The molecule has 0 aliphatic heterocycles. The highest BCUT2D eigenvalue weighted by atomic mass is 35.5. The first-order chi connectivity index (χ1) is 8.81. The molecule has 0 bridgehead atoms. The Hall–Kier alpha value is -0.240. The van der Waals surface area contributed by atoms with Gasteiger partial charge in [-0.1, -0.05) is 38.5 Å². The van der Waals surface area contributed by atoms with Crippen molar-refractivity contribution in [2.24, 2.45) is 11.8 Å². The lowest BCUT2D eigenvalue weighted by Gasteiger charge is -2.32. The number of carbonyl (C=O) groups is 1. The predicted octanol–water partition coefficient (Wildman–Crippen LogP) is 3.87. The summed E-state index contributed by atoms with van der Waals surface area (Å²) in [5.74, 6) is 1.76. The van der Waals surface area contributed by atoms with Crippen molar-refractivity contribution in [3.63, 3.8) is 0 Å². The van der Waals surface area contributed by atoms with Crippen molar-refractivity contribution in [1.82, 2.24) is 5.32 Å². The number of nitrogens with one attached hydrogen (secondary N) is 1. The van der Waals surface area contributed by atoms with Gasteiger partial charge in [-0.05, 0) is 31.6 Å². The molecule has 2 nitrogen and oxygen atoms in total. The van der Waals surface area contributed by atoms with Crippen LogP contribution in [0.25, 0.3) is 0 Å². The molecule has 104 valence electrons. The van der Waals surface area contributed by atoms with Crippen LogP contribution in [-0.4, -0.2) is 17.8 Å². The first-order valence-electron chi connectivity index (χ1n) is 7.67. The normalized spacial score (nSPS) is 30.7. The third-order valence-electron chi connectivity index (χ3n) is 4.66. The molecule has 0 spiro atoms. The van der Waals surface area contributed by atoms with Gasteiger partial charge in [0.15, 0.2) is 0 Å². The average Bonchev–Trinajstić information content (AvgIpc) is 2.68. The van der Waals surface area contributed by atoms with Crippen molar-refractivity contribution < 1.29 is 4.79 Å². The van der Waals surface area contributed by atoms with Crippen LogP contribution in [0.5, 0.6) is 0 Å². The Bertz CT molecular complexity index is 261. The van der Waals surface area contributed by atoms with Crippen LogP contribution >= 0.6 is 11.6 Å². The van der Waals surface area contributed by atoms with E-state index in [0.29, 0.717) is 23.7 Å². The van der Waals surface area contributed by atoms with E-state index >= 15 is 0 Å². The largest absolute Gasteiger partial charge is 0.353 e. The number of rotatable bonds is 3. The Labute approximate surface area is 116 Å². The summed E-state index contributed by atoms with van der Waals surface area (Å²) in [6.45, 7) is 0. The second-order valence-corrected chi connectivity index (χ2v) is 6.31. The van der Waals surface area contributed by atoms with E-state index in [0.717, 1.165) is 19.3 Å². The van der Waals surface area contributed by atoms with Crippen molar-refractivity contribution >= 4 is 17.5 Å². The smallest absolute Gasteiger partial charge is 0.223 e. The maximum atomic E-state index is 12.3. The second kappa shape index (κ2) is 7.37. The number of carbonyl (C=O) groups excluding carboxylic acids is 1. The monoisotopic (exact) mass is 271 g/mol. The Balaban J connectivity index is 1.84. The molecule has 0 heterocycles. The minimum Gasteiger partial charge on any atom is -0.353 e.